The van der Waals surface area contributed by atoms with E-state index >= 15 is 0 Å². The third kappa shape index (κ3) is 6.85. The van der Waals surface area contributed by atoms with Gasteiger partial charge >= 0.3 is 0 Å². The van der Waals surface area contributed by atoms with E-state index in [2.05, 4.69) is 18.3 Å². The van der Waals surface area contributed by atoms with Crippen molar-refractivity contribution in [2.24, 2.45) is 0 Å². The molecule has 1 heterocycles. The summed E-state index contributed by atoms with van der Waals surface area (Å²) in [6, 6.07) is 0. The van der Waals surface area contributed by atoms with Gasteiger partial charge in [-0.3, -0.25) is 0 Å². The Kier molecular flexibility index (Phi) is 8.17. The maximum absolute atomic E-state index is 5.48. The molecule has 1 atom stereocenters. The van der Waals surface area contributed by atoms with Crippen LogP contribution in [0.2, 0.25) is 0 Å². The average molecular weight is 227 g/mol. The van der Waals surface area contributed by atoms with Crippen LogP contribution in [0, 0.1) is 0 Å². The summed E-state index contributed by atoms with van der Waals surface area (Å²) in [6.45, 7) is 5.95. The van der Waals surface area contributed by atoms with Crippen LogP contribution in [0.15, 0.2) is 12.3 Å². The molecule has 16 heavy (non-hydrogen) atoms. The zero-order chi connectivity index (χ0) is 11.5. The van der Waals surface area contributed by atoms with Gasteiger partial charge in [0.2, 0.25) is 0 Å². The fourth-order valence-electron chi connectivity index (χ4n) is 1.65. The van der Waals surface area contributed by atoms with Crippen LogP contribution in [0.5, 0.6) is 0 Å². The van der Waals surface area contributed by atoms with E-state index in [-0.39, 0.29) is 0 Å². The molecule has 0 fully saturated rings. The highest BCUT2D eigenvalue weighted by molar-refractivity contribution is 4.82. The van der Waals surface area contributed by atoms with Crippen molar-refractivity contribution in [2.75, 3.05) is 26.3 Å². The van der Waals surface area contributed by atoms with Crippen LogP contribution >= 0.6 is 0 Å². The SMILES string of the molecule is CCCCOCCCNCC1CCC=CO1. The molecule has 1 aliphatic rings. The number of hydrogen-bond donors (Lipinski definition) is 1. The largest absolute Gasteiger partial charge is 0.497 e. The van der Waals surface area contributed by atoms with Crippen molar-refractivity contribution >= 4 is 0 Å². The Morgan fingerprint density at radius 1 is 1.38 bits per heavy atom. The Bertz CT molecular complexity index is 183. The molecule has 0 radical (unpaired) electrons. The van der Waals surface area contributed by atoms with Crippen LogP contribution in [-0.4, -0.2) is 32.4 Å². The zero-order valence-electron chi connectivity index (χ0n) is 10.4. The number of rotatable bonds is 9. The van der Waals surface area contributed by atoms with Gasteiger partial charge in [-0.25, -0.2) is 0 Å². The monoisotopic (exact) mass is 227 g/mol. The second-order valence-electron chi connectivity index (χ2n) is 4.23. The Balaban J connectivity index is 1.79. The molecule has 0 saturated carbocycles. The van der Waals surface area contributed by atoms with E-state index in [9.17, 15) is 0 Å². The molecule has 94 valence electrons. The third-order valence-corrected chi connectivity index (χ3v) is 2.68. The molecule has 1 aliphatic heterocycles. The van der Waals surface area contributed by atoms with E-state index in [0.29, 0.717) is 6.10 Å². The summed E-state index contributed by atoms with van der Waals surface area (Å²) >= 11 is 0. The first-order chi connectivity index (χ1) is 7.93. The first-order valence-corrected chi connectivity index (χ1v) is 6.52. The molecular formula is C13H25NO2. The lowest BCUT2D eigenvalue weighted by atomic mass is 10.1. The number of ether oxygens (including phenoxy) is 2. The van der Waals surface area contributed by atoms with Gasteiger partial charge in [-0.1, -0.05) is 13.3 Å². The lowest BCUT2D eigenvalue weighted by Crippen LogP contribution is -2.30. The minimum Gasteiger partial charge on any atom is -0.497 e. The van der Waals surface area contributed by atoms with Gasteiger partial charge in [0.15, 0.2) is 0 Å². The van der Waals surface area contributed by atoms with Crippen molar-refractivity contribution in [3.63, 3.8) is 0 Å². The molecule has 0 aromatic rings. The molecule has 0 saturated heterocycles. The van der Waals surface area contributed by atoms with Crippen molar-refractivity contribution in [2.45, 2.75) is 45.1 Å². The van der Waals surface area contributed by atoms with Gasteiger partial charge in [-0.2, -0.15) is 0 Å². The normalized spacial score (nSPS) is 19.7. The first kappa shape index (κ1) is 13.5. The maximum atomic E-state index is 5.48. The van der Waals surface area contributed by atoms with Gasteiger partial charge in [0.1, 0.15) is 6.10 Å². The molecule has 0 bridgehead atoms. The molecule has 0 amide bonds. The predicted octanol–water partition coefficient (Wildman–Crippen LogP) is 2.48. The highest BCUT2D eigenvalue weighted by Gasteiger charge is 2.09. The van der Waals surface area contributed by atoms with Crippen LogP contribution in [0.4, 0.5) is 0 Å². The smallest absolute Gasteiger partial charge is 0.110 e. The standard InChI is InChI=1S/C13H25NO2/c1-2-3-9-15-10-6-8-14-12-13-7-4-5-11-16-13/h5,11,13-14H,2-4,6-10,12H2,1H3. The minimum absolute atomic E-state index is 0.367. The first-order valence-electron chi connectivity index (χ1n) is 6.52. The predicted molar refractivity (Wildman–Crippen MR) is 66.5 cm³/mol. The Morgan fingerprint density at radius 2 is 2.25 bits per heavy atom. The van der Waals surface area contributed by atoms with E-state index < -0.39 is 0 Å². The van der Waals surface area contributed by atoms with Gasteiger partial charge in [-0.15, -0.1) is 0 Å². The molecule has 1 unspecified atom stereocenters. The molecule has 0 aromatic heterocycles. The van der Waals surface area contributed by atoms with Crippen LogP contribution in [0.3, 0.4) is 0 Å². The second-order valence-corrected chi connectivity index (χ2v) is 4.23. The number of nitrogens with one attached hydrogen (secondary N) is 1. The van der Waals surface area contributed by atoms with Crippen molar-refractivity contribution in [1.82, 2.24) is 5.32 Å². The Morgan fingerprint density at radius 3 is 3.00 bits per heavy atom. The van der Waals surface area contributed by atoms with E-state index in [0.717, 1.165) is 45.6 Å². The molecule has 3 heteroatoms. The van der Waals surface area contributed by atoms with E-state index in [4.69, 9.17) is 9.47 Å². The maximum Gasteiger partial charge on any atom is 0.110 e. The van der Waals surface area contributed by atoms with Gasteiger partial charge < -0.3 is 14.8 Å². The molecular weight excluding hydrogens is 202 g/mol. The Labute approximate surface area is 99.2 Å². The zero-order valence-corrected chi connectivity index (χ0v) is 10.4. The minimum atomic E-state index is 0.367. The Hall–Kier alpha value is -0.540. The van der Waals surface area contributed by atoms with Crippen molar-refractivity contribution in [3.8, 4) is 0 Å². The number of unbranched alkanes of at least 4 members (excludes halogenated alkanes) is 1. The van der Waals surface area contributed by atoms with E-state index in [1.54, 1.807) is 0 Å². The molecule has 0 spiro atoms. The summed E-state index contributed by atoms with van der Waals surface area (Å²) in [5.41, 5.74) is 0. The van der Waals surface area contributed by atoms with Crippen molar-refractivity contribution in [1.29, 1.82) is 0 Å². The molecule has 1 N–H and O–H groups in total. The molecule has 0 aromatic carbocycles. The van der Waals surface area contributed by atoms with Gasteiger partial charge in [0.25, 0.3) is 0 Å². The van der Waals surface area contributed by atoms with Crippen LogP contribution in [-0.2, 0) is 9.47 Å². The topological polar surface area (TPSA) is 30.5 Å². The fourth-order valence-corrected chi connectivity index (χ4v) is 1.65. The molecule has 3 nitrogen and oxygen atoms in total. The molecule has 1 rings (SSSR count). The third-order valence-electron chi connectivity index (χ3n) is 2.68. The van der Waals surface area contributed by atoms with Crippen LogP contribution in [0.25, 0.3) is 0 Å². The summed E-state index contributed by atoms with van der Waals surface area (Å²) in [7, 11) is 0. The van der Waals surface area contributed by atoms with Gasteiger partial charge in [0, 0.05) is 19.8 Å². The lowest BCUT2D eigenvalue weighted by molar-refractivity contribution is 0.115. The lowest BCUT2D eigenvalue weighted by Gasteiger charge is -2.19. The summed E-state index contributed by atoms with van der Waals surface area (Å²) in [4.78, 5) is 0. The summed E-state index contributed by atoms with van der Waals surface area (Å²) in [6.07, 6.45) is 10.0. The summed E-state index contributed by atoms with van der Waals surface area (Å²) in [5, 5.41) is 3.41. The molecule has 0 aliphatic carbocycles. The van der Waals surface area contributed by atoms with Gasteiger partial charge in [-0.05, 0) is 38.3 Å². The van der Waals surface area contributed by atoms with Crippen LogP contribution in [0.1, 0.15) is 39.0 Å². The van der Waals surface area contributed by atoms with E-state index in [1.807, 2.05) is 6.26 Å². The van der Waals surface area contributed by atoms with Gasteiger partial charge in [0.05, 0.1) is 6.26 Å². The van der Waals surface area contributed by atoms with Crippen LogP contribution < -0.4 is 5.32 Å². The summed E-state index contributed by atoms with van der Waals surface area (Å²) in [5.74, 6) is 0. The van der Waals surface area contributed by atoms with Crippen molar-refractivity contribution in [3.05, 3.63) is 12.3 Å². The highest BCUT2D eigenvalue weighted by Crippen LogP contribution is 2.08. The number of hydrogen-bond acceptors (Lipinski definition) is 3. The quantitative estimate of drug-likeness (QED) is 0.614. The van der Waals surface area contributed by atoms with Crippen molar-refractivity contribution < 1.29 is 9.47 Å². The highest BCUT2D eigenvalue weighted by atomic mass is 16.5. The fraction of sp³-hybridized carbons (Fsp3) is 0.846. The number of allylic oxidation sites excluding steroid dienone is 1. The second kappa shape index (κ2) is 9.67. The average Bonchev–Trinajstić information content (AvgIpc) is 2.34. The van der Waals surface area contributed by atoms with E-state index in [1.165, 1.54) is 12.8 Å². The summed E-state index contributed by atoms with van der Waals surface area (Å²) < 4.78 is 10.9.